The Morgan fingerprint density at radius 1 is 0.667 bits per heavy atom. The summed E-state index contributed by atoms with van der Waals surface area (Å²) in [6, 6.07) is 0. The van der Waals surface area contributed by atoms with Gasteiger partial charge in [-0.05, 0) is 141 Å². The highest BCUT2D eigenvalue weighted by molar-refractivity contribution is 5.12. The molecule has 27 heavy (non-hydrogen) atoms. The van der Waals surface area contributed by atoms with Gasteiger partial charge < -0.3 is 0 Å². The van der Waals surface area contributed by atoms with Crippen LogP contribution in [0.15, 0.2) is 0 Å². The van der Waals surface area contributed by atoms with Crippen LogP contribution in [0.1, 0.15) is 98.3 Å². The fourth-order valence-corrected chi connectivity index (χ4v) is 11.0. The van der Waals surface area contributed by atoms with Gasteiger partial charge in [-0.15, -0.1) is 0 Å². The van der Waals surface area contributed by atoms with Crippen molar-refractivity contribution in [2.45, 2.75) is 98.3 Å². The molecule has 6 bridgehead atoms. The van der Waals surface area contributed by atoms with Crippen LogP contribution in [0.4, 0.5) is 0 Å². The van der Waals surface area contributed by atoms with Gasteiger partial charge in [0.1, 0.15) is 0 Å². The summed E-state index contributed by atoms with van der Waals surface area (Å²) in [4.78, 5) is 0. The van der Waals surface area contributed by atoms with E-state index in [-0.39, 0.29) is 0 Å². The smallest absolute Gasteiger partial charge is 0.0233 e. The summed E-state index contributed by atoms with van der Waals surface area (Å²) in [5.41, 5.74) is 1.39. The Labute approximate surface area is 168 Å². The maximum absolute atomic E-state index is 2.77. The van der Waals surface area contributed by atoms with E-state index >= 15 is 0 Å². The zero-order valence-corrected chi connectivity index (χ0v) is 18.6. The maximum atomic E-state index is 2.77. The monoisotopic (exact) mass is 368 g/mol. The lowest BCUT2D eigenvalue weighted by molar-refractivity contribution is -0.0443. The van der Waals surface area contributed by atoms with Gasteiger partial charge >= 0.3 is 0 Å². The van der Waals surface area contributed by atoms with Crippen molar-refractivity contribution in [1.29, 1.82) is 0 Å². The van der Waals surface area contributed by atoms with Crippen molar-refractivity contribution in [1.82, 2.24) is 0 Å². The van der Waals surface area contributed by atoms with E-state index in [9.17, 15) is 0 Å². The largest absolute Gasteiger partial charge is 0.0620 e. The predicted octanol–water partition coefficient (Wildman–Crippen LogP) is 7.57. The van der Waals surface area contributed by atoms with Crippen LogP contribution in [0.5, 0.6) is 0 Å². The predicted molar refractivity (Wildman–Crippen MR) is 113 cm³/mol. The molecule has 0 amide bonds. The molecule has 0 N–H and O–H groups in total. The third-order valence-electron chi connectivity index (χ3n) is 12.9. The highest BCUT2D eigenvalue weighted by atomic mass is 14.7. The van der Waals surface area contributed by atoms with Crippen molar-refractivity contribution < 1.29 is 0 Å². The minimum atomic E-state index is 0.669. The van der Waals surface area contributed by atoms with Gasteiger partial charge in [0.25, 0.3) is 0 Å². The number of hydrogen-bond acceptors (Lipinski definition) is 0. The summed E-state index contributed by atoms with van der Waals surface area (Å²) in [5.74, 6) is 10.7. The van der Waals surface area contributed by atoms with Crippen molar-refractivity contribution in [3.05, 3.63) is 0 Å². The van der Waals surface area contributed by atoms with Crippen LogP contribution in [0.3, 0.4) is 0 Å². The van der Waals surface area contributed by atoms with E-state index in [1.54, 1.807) is 70.6 Å². The minimum absolute atomic E-state index is 0.669. The van der Waals surface area contributed by atoms with Gasteiger partial charge in [0.05, 0.1) is 0 Å². The fourth-order valence-electron chi connectivity index (χ4n) is 11.0. The maximum Gasteiger partial charge on any atom is -0.0233 e. The molecule has 0 aromatic carbocycles. The Hall–Kier alpha value is 0. The van der Waals surface area contributed by atoms with E-state index in [0.29, 0.717) is 5.41 Å². The first-order valence-corrected chi connectivity index (χ1v) is 12.9. The molecule has 6 aliphatic rings. The molecule has 12 atom stereocenters. The minimum Gasteiger partial charge on any atom is -0.0620 e. The average Bonchev–Trinajstić information content (AvgIpc) is 3.46. The summed E-state index contributed by atoms with van der Waals surface area (Å²) in [6.45, 7) is 10.8. The molecule has 0 radical (unpaired) electrons. The molecule has 0 aliphatic heterocycles. The molecule has 0 aromatic rings. The van der Waals surface area contributed by atoms with E-state index < -0.39 is 0 Å². The Bertz CT molecular complexity index is 597. The lowest BCUT2D eigenvalue weighted by Gasteiger charge is -2.53. The van der Waals surface area contributed by atoms with E-state index in [2.05, 4.69) is 27.7 Å². The van der Waals surface area contributed by atoms with E-state index in [0.717, 1.165) is 64.6 Å². The van der Waals surface area contributed by atoms with Gasteiger partial charge in [-0.3, -0.25) is 0 Å². The highest BCUT2D eigenvalue weighted by Gasteiger charge is 2.63. The molecule has 6 aliphatic carbocycles. The first-order valence-electron chi connectivity index (χ1n) is 12.9. The third kappa shape index (κ3) is 2.23. The Balaban J connectivity index is 1.34. The van der Waals surface area contributed by atoms with Gasteiger partial charge in [-0.1, -0.05) is 27.7 Å². The second-order valence-electron chi connectivity index (χ2n) is 13.1. The summed E-state index contributed by atoms with van der Waals surface area (Å²) in [5, 5.41) is 0. The first kappa shape index (κ1) is 17.8. The molecule has 12 unspecified atom stereocenters. The Morgan fingerprint density at radius 3 is 1.89 bits per heavy atom. The van der Waals surface area contributed by atoms with Crippen LogP contribution in [-0.4, -0.2) is 0 Å². The van der Waals surface area contributed by atoms with Crippen molar-refractivity contribution in [2.24, 2.45) is 70.0 Å². The standard InChI is InChI=1S/C27H44/c1-16-19-5-6-22(11-19)25(16)14-27(18(3)21-8-10-24(27)13-21)15-26(4)17(2)20-7-9-23(26)12-20/h16-25H,5-15H2,1-4H3. The average molecular weight is 369 g/mol. The molecule has 6 rings (SSSR count). The zero-order chi connectivity index (χ0) is 18.6. The fraction of sp³-hybridized carbons (Fsp3) is 1.00. The molecular weight excluding hydrogens is 324 g/mol. The van der Waals surface area contributed by atoms with Gasteiger partial charge in [0, 0.05) is 0 Å². The normalized spacial score (nSPS) is 63.6. The molecule has 152 valence electrons. The summed E-state index contributed by atoms with van der Waals surface area (Å²) < 4.78 is 0. The highest BCUT2D eigenvalue weighted by Crippen LogP contribution is 2.72. The van der Waals surface area contributed by atoms with Crippen LogP contribution in [0.25, 0.3) is 0 Å². The second kappa shape index (κ2) is 5.78. The number of hydrogen-bond donors (Lipinski definition) is 0. The van der Waals surface area contributed by atoms with Gasteiger partial charge in [-0.25, -0.2) is 0 Å². The zero-order valence-electron chi connectivity index (χ0n) is 18.6. The van der Waals surface area contributed by atoms with Crippen LogP contribution in [0.2, 0.25) is 0 Å². The quantitative estimate of drug-likeness (QED) is 0.480. The van der Waals surface area contributed by atoms with Crippen LogP contribution >= 0.6 is 0 Å². The van der Waals surface area contributed by atoms with E-state index in [1.165, 1.54) is 0 Å². The van der Waals surface area contributed by atoms with E-state index in [4.69, 9.17) is 0 Å². The van der Waals surface area contributed by atoms with E-state index in [1.807, 2.05) is 0 Å². The van der Waals surface area contributed by atoms with Crippen molar-refractivity contribution >= 4 is 0 Å². The van der Waals surface area contributed by atoms with Crippen LogP contribution in [0, 0.1) is 70.0 Å². The lowest BCUT2D eigenvalue weighted by Crippen LogP contribution is -2.46. The van der Waals surface area contributed by atoms with Crippen molar-refractivity contribution in [3.63, 3.8) is 0 Å². The Morgan fingerprint density at radius 2 is 1.30 bits per heavy atom. The molecule has 0 heteroatoms. The number of fused-ring (bicyclic) bond motifs is 6. The molecule has 0 aromatic heterocycles. The van der Waals surface area contributed by atoms with Crippen LogP contribution in [-0.2, 0) is 0 Å². The van der Waals surface area contributed by atoms with Crippen LogP contribution < -0.4 is 0 Å². The third-order valence-corrected chi connectivity index (χ3v) is 12.9. The van der Waals surface area contributed by atoms with Gasteiger partial charge in [0.15, 0.2) is 0 Å². The second-order valence-corrected chi connectivity index (χ2v) is 13.1. The summed E-state index contributed by atoms with van der Waals surface area (Å²) in [6.07, 6.45) is 17.5. The topological polar surface area (TPSA) is 0 Å². The van der Waals surface area contributed by atoms with Crippen molar-refractivity contribution in [2.75, 3.05) is 0 Å². The van der Waals surface area contributed by atoms with Gasteiger partial charge in [0.2, 0.25) is 0 Å². The van der Waals surface area contributed by atoms with Crippen molar-refractivity contribution in [3.8, 4) is 0 Å². The Kier molecular flexibility index (Phi) is 3.82. The molecule has 0 heterocycles. The molecule has 0 spiro atoms. The lowest BCUT2D eigenvalue weighted by atomic mass is 9.51. The summed E-state index contributed by atoms with van der Waals surface area (Å²) in [7, 11) is 0. The SMILES string of the molecule is CC1C2CCC(C2)C1CC1(CC2(C)C3CCC(C3)C2C)C2CCC(C2)C1C. The first-order chi connectivity index (χ1) is 12.9. The molecule has 6 saturated carbocycles. The van der Waals surface area contributed by atoms with Gasteiger partial charge in [-0.2, -0.15) is 0 Å². The molecule has 6 fully saturated rings. The molecule has 0 nitrogen and oxygen atoms in total. The summed E-state index contributed by atoms with van der Waals surface area (Å²) >= 11 is 0. The number of rotatable bonds is 4. The molecule has 0 saturated heterocycles. The molecular formula is C27H44.